The Kier molecular flexibility index (Phi) is 3.89. The van der Waals surface area contributed by atoms with Gasteiger partial charge in [0.15, 0.2) is 0 Å². The van der Waals surface area contributed by atoms with E-state index in [1.807, 2.05) is 6.92 Å². The Hall–Kier alpha value is -0.610. The van der Waals surface area contributed by atoms with Crippen molar-refractivity contribution in [3.63, 3.8) is 0 Å². The molecule has 1 saturated carbocycles. The largest absolute Gasteiger partial charge is 0.384 e. The van der Waals surface area contributed by atoms with Crippen LogP contribution in [0.5, 0.6) is 0 Å². The normalized spacial score (nSPS) is 20.2. The third-order valence-corrected chi connectivity index (χ3v) is 2.86. The molecule has 0 aromatic rings. The molecule has 0 spiro atoms. The second-order valence-electron chi connectivity index (χ2n) is 4.19. The molecule has 0 radical (unpaired) electrons. The van der Waals surface area contributed by atoms with Crippen LogP contribution in [0.3, 0.4) is 0 Å². The molecule has 1 fully saturated rings. The predicted octanol–water partition coefficient (Wildman–Crippen LogP) is 0.267. The number of amides is 1. The van der Waals surface area contributed by atoms with Gasteiger partial charge in [0.25, 0.3) is 0 Å². The Morgan fingerprint density at radius 2 is 2.29 bits per heavy atom. The highest BCUT2D eigenvalue weighted by Crippen LogP contribution is 2.38. The summed E-state index contributed by atoms with van der Waals surface area (Å²) in [5, 5.41) is 3.00. The van der Waals surface area contributed by atoms with Gasteiger partial charge >= 0.3 is 0 Å². The van der Waals surface area contributed by atoms with Gasteiger partial charge in [-0.1, -0.05) is 0 Å². The Balaban J connectivity index is 2.35. The lowest BCUT2D eigenvalue weighted by atomic mass is 9.96. The van der Waals surface area contributed by atoms with Crippen LogP contribution >= 0.6 is 0 Å². The average Bonchev–Trinajstić information content (AvgIpc) is 2.97. The number of nitrogens with two attached hydrogens (primary N) is 1. The van der Waals surface area contributed by atoms with Crippen LogP contribution in [0.15, 0.2) is 0 Å². The van der Waals surface area contributed by atoms with Crippen LogP contribution < -0.4 is 11.1 Å². The fourth-order valence-electron chi connectivity index (χ4n) is 1.62. The molecule has 1 aliphatic rings. The minimum atomic E-state index is -0.204. The molecule has 1 amide bonds. The smallest absolute Gasteiger partial charge is 0.222 e. The van der Waals surface area contributed by atoms with E-state index in [1.54, 1.807) is 7.11 Å². The third-order valence-electron chi connectivity index (χ3n) is 2.86. The first-order valence-electron chi connectivity index (χ1n) is 5.12. The van der Waals surface area contributed by atoms with Crippen molar-refractivity contribution in [2.24, 2.45) is 11.7 Å². The summed E-state index contributed by atoms with van der Waals surface area (Å²) in [4.78, 5) is 11.5. The predicted molar refractivity (Wildman–Crippen MR) is 54.8 cm³/mol. The molecule has 0 aromatic heterocycles. The second kappa shape index (κ2) is 4.75. The first kappa shape index (κ1) is 11.5. The summed E-state index contributed by atoms with van der Waals surface area (Å²) in [5.74, 6) is 0.602. The molecule has 0 aliphatic heterocycles. The van der Waals surface area contributed by atoms with Crippen LogP contribution in [-0.4, -0.2) is 31.7 Å². The lowest BCUT2D eigenvalue weighted by Crippen LogP contribution is -2.53. The minimum absolute atomic E-state index is 0.0340. The fraction of sp³-hybridized carbons (Fsp3) is 0.900. The fourth-order valence-corrected chi connectivity index (χ4v) is 1.62. The molecular weight excluding hydrogens is 180 g/mol. The number of nitrogens with one attached hydrogen (secondary N) is 1. The molecule has 4 heteroatoms. The molecule has 0 saturated heterocycles. The summed E-state index contributed by atoms with van der Waals surface area (Å²) in [7, 11) is 1.59. The van der Waals surface area contributed by atoms with Gasteiger partial charge in [0.2, 0.25) is 5.91 Å². The maximum Gasteiger partial charge on any atom is 0.222 e. The van der Waals surface area contributed by atoms with Gasteiger partial charge in [-0.15, -0.1) is 0 Å². The lowest BCUT2D eigenvalue weighted by molar-refractivity contribution is -0.123. The number of hydrogen-bond acceptors (Lipinski definition) is 3. The van der Waals surface area contributed by atoms with Crippen molar-refractivity contribution in [1.82, 2.24) is 5.32 Å². The van der Waals surface area contributed by atoms with Gasteiger partial charge in [-0.2, -0.15) is 0 Å². The Morgan fingerprint density at radius 3 is 2.71 bits per heavy atom. The van der Waals surface area contributed by atoms with Gasteiger partial charge in [0.1, 0.15) is 0 Å². The van der Waals surface area contributed by atoms with Crippen molar-refractivity contribution in [2.45, 2.75) is 31.7 Å². The average molecular weight is 200 g/mol. The molecule has 1 rings (SSSR count). The van der Waals surface area contributed by atoms with Gasteiger partial charge in [0.05, 0.1) is 12.1 Å². The molecule has 1 atom stereocenters. The van der Waals surface area contributed by atoms with E-state index in [2.05, 4.69) is 5.32 Å². The van der Waals surface area contributed by atoms with Crippen molar-refractivity contribution < 1.29 is 9.53 Å². The standard InChI is InChI=1S/C10H20N2O2/c1-10(7-11,8-3-4-8)12-9(13)5-6-14-2/h8H,3-7,11H2,1-2H3,(H,12,13). The number of carbonyl (C=O) groups excluding carboxylic acids is 1. The molecule has 1 unspecified atom stereocenters. The molecular formula is C10H20N2O2. The SMILES string of the molecule is COCCC(=O)NC(C)(CN)C1CC1. The van der Waals surface area contributed by atoms with Gasteiger partial charge in [-0.3, -0.25) is 4.79 Å². The molecule has 0 heterocycles. The van der Waals surface area contributed by atoms with Crippen molar-refractivity contribution in [3.05, 3.63) is 0 Å². The highest BCUT2D eigenvalue weighted by atomic mass is 16.5. The molecule has 1 aliphatic carbocycles. The second-order valence-corrected chi connectivity index (χ2v) is 4.19. The van der Waals surface area contributed by atoms with Crippen LogP contribution in [0.1, 0.15) is 26.2 Å². The van der Waals surface area contributed by atoms with Crippen molar-refractivity contribution in [1.29, 1.82) is 0 Å². The topological polar surface area (TPSA) is 64.3 Å². The maximum absolute atomic E-state index is 11.5. The summed E-state index contributed by atoms with van der Waals surface area (Å²) < 4.78 is 4.84. The van der Waals surface area contributed by atoms with Gasteiger partial charge in [-0.05, 0) is 25.7 Å². The Bertz CT molecular complexity index is 204. The monoisotopic (exact) mass is 200 g/mol. The van der Waals surface area contributed by atoms with E-state index in [0.717, 1.165) is 0 Å². The Morgan fingerprint density at radius 1 is 1.64 bits per heavy atom. The third kappa shape index (κ3) is 2.96. The molecule has 0 bridgehead atoms. The van der Waals surface area contributed by atoms with Gasteiger partial charge in [-0.25, -0.2) is 0 Å². The van der Waals surface area contributed by atoms with E-state index in [1.165, 1.54) is 12.8 Å². The van der Waals surface area contributed by atoms with Crippen molar-refractivity contribution >= 4 is 5.91 Å². The zero-order chi connectivity index (χ0) is 10.6. The summed E-state index contributed by atoms with van der Waals surface area (Å²) in [6, 6.07) is 0. The Labute approximate surface area is 85.2 Å². The van der Waals surface area contributed by atoms with E-state index in [9.17, 15) is 4.79 Å². The zero-order valence-corrected chi connectivity index (χ0v) is 9.01. The number of ether oxygens (including phenoxy) is 1. The summed E-state index contributed by atoms with van der Waals surface area (Å²) in [6.07, 6.45) is 2.77. The van der Waals surface area contributed by atoms with Gasteiger partial charge < -0.3 is 15.8 Å². The van der Waals surface area contributed by atoms with E-state index >= 15 is 0 Å². The summed E-state index contributed by atoms with van der Waals surface area (Å²) in [6.45, 7) is 3.00. The van der Waals surface area contributed by atoms with E-state index in [0.29, 0.717) is 25.5 Å². The molecule has 0 aromatic carbocycles. The highest BCUT2D eigenvalue weighted by Gasteiger charge is 2.41. The number of carbonyl (C=O) groups is 1. The summed E-state index contributed by atoms with van der Waals surface area (Å²) in [5.41, 5.74) is 5.48. The molecule has 4 nitrogen and oxygen atoms in total. The van der Waals surface area contributed by atoms with Crippen LogP contribution in [0.4, 0.5) is 0 Å². The first-order valence-corrected chi connectivity index (χ1v) is 5.12. The van der Waals surface area contributed by atoms with Crippen LogP contribution in [0.2, 0.25) is 0 Å². The zero-order valence-electron chi connectivity index (χ0n) is 9.01. The summed E-state index contributed by atoms with van der Waals surface area (Å²) >= 11 is 0. The van der Waals surface area contributed by atoms with E-state index in [-0.39, 0.29) is 11.4 Å². The van der Waals surface area contributed by atoms with Crippen LogP contribution in [-0.2, 0) is 9.53 Å². The number of hydrogen-bond donors (Lipinski definition) is 2. The maximum atomic E-state index is 11.5. The molecule has 82 valence electrons. The van der Waals surface area contributed by atoms with Crippen molar-refractivity contribution in [3.8, 4) is 0 Å². The number of rotatable bonds is 6. The van der Waals surface area contributed by atoms with Crippen molar-refractivity contribution in [2.75, 3.05) is 20.3 Å². The molecule has 14 heavy (non-hydrogen) atoms. The van der Waals surface area contributed by atoms with E-state index < -0.39 is 0 Å². The number of methoxy groups -OCH3 is 1. The highest BCUT2D eigenvalue weighted by molar-refractivity contribution is 5.77. The lowest BCUT2D eigenvalue weighted by Gasteiger charge is -2.29. The van der Waals surface area contributed by atoms with Crippen LogP contribution in [0.25, 0.3) is 0 Å². The quantitative estimate of drug-likeness (QED) is 0.646. The minimum Gasteiger partial charge on any atom is -0.384 e. The van der Waals surface area contributed by atoms with Crippen LogP contribution in [0, 0.1) is 5.92 Å². The van der Waals surface area contributed by atoms with Gasteiger partial charge in [0, 0.05) is 20.1 Å². The van der Waals surface area contributed by atoms with E-state index in [4.69, 9.17) is 10.5 Å². The molecule has 3 N–H and O–H groups in total. The first-order chi connectivity index (χ1) is 6.62.